The smallest absolute Gasteiger partial charge is 0.196 e. The number of hydrogen-bond acceptors (Lipinski definition) is 4. The predicted octanol–water partition coefficient (Wildman–Crippen LogP) is 3.31. The zero-order valence-electron chi connectivity index (χ0n) is 13.1. The van der Waals surface area contributed by atoms with Crippen LogP contribution in [0.5, 0.6) is 0 Å². The molecule has 0 heterocycles. The molecule has 0 spiro atoms. The van der Waals surface area contributed by atoms with E-state index >= 15 is 0 Å². The molecular formula is C17H20O4S2. The summed E-state index contributed by atoms with van der Waals surface area (Å²) in [4.78, 5) is 0.0645. The highest BCUT2D eigenvalue weighted by Crippen LogP contribution is 2.31. The Labute approximate surface area is 138 Å². The Balaban J connectivity index is 2.64. The summed E-state index contributed by atoms with van der Waals surface area (Å²) in [6.45, 7) is 3.45. The van der Waals surface area contributed by atoms with Crippen molar-refractivity contribution < 1.29 is 16.8 Å². The molecule has 0 amide bonds. The average molecular weight is 352 g/mol. The van der Waals surface area contributed by atoms with Crippen LogP contribution in [0.25, 0.3) is 0 Å². The molecule has 0 unspecified atom stereocenters. The molecule has 0 saturated heterocycles. The van der Waals surface area contributed by atoms with Crippen molar-refractivity contribution in [2.24, 2.45) is 5.92 Å². The normalized spacial score (nSPS) is 13.9. The van der Waals surface area contributed by atoms with E-state index in [0.717, 1.165) is 0 Å². The van der Waals surface area contributed by atoms with E-state index in [1.54, 1.807) is 50.2 Å². The molecule has 0 aliphatic carbocycles. The van der Waals surface area contributed by atoms with Gasteiger partial charge in [-0.3, -0.25) is 0 Å². The molecule has 0 bridgehead atoms. The van der Waals surface area contributed by atoms with Gasteiger partial charge in [0.1, 0.15) is 0 Å². The molecule has 23 heavy (non-hydrogen) atoms. The molecule has 2 rings (SSSR count). The maximum atomic E-state index is 13.0. The van der Waals surface area contributed by atoms with Crippen molar-refractivity contribution >= 4 is 19.7 Å². The molecule has 0 aromatic heterocycles. The number of rotatable bonds is 6. The summed E-state index contributed by atoms with van der Waals surface area (Å²) in [6, 6.07) is 15.5. The lowest BCUT2D eigenvalue weighted by Crippen LogP contribution is -2.36. The SMILES string of the molecule is CC[C@@H](C)C(S(=O)(=O)c1ccccc1)S(=O)(=O)c1ccccc1. The fourth-order valence-electron chi connectivity index (χ4n) is 2.46. The van der Waals surface area contributed by atoms with Gasteiger partial charge in [0.05, 0.1) is 9.79 Å². The molecule has 0 aliphatic rings. The zero-order valence-corrected chi connectivity index (χ0v) is 14.7. The van der Waals surface area contributed by atoms with Gasteiger partial charge in [-0.2, -0.15) is 0 Å². The Morgan fingerprint density at radius 3 is 1.39 bits per heavy atom. The van der Waals surface area contributed by atoms with Gasteiger partial charge in [-0.15, -0.1) is 0 Å². The van der Waals surface area contributed by atoms with Crippen LogP contribution in [0, 0.1) is 5.92 Å². The fraction of sp³-hybridized carbons (Fsp3) is 0.294. The third-order valence-electron chi connectivity index (χ3n) is 3.86. The maximum Gasteiger partial charge on any atom is 0.196 e. The quantitative estimate of drug-likeness (QED) is 0.800. The summed E-state index contributed by atoms with van der Waals surface area (Å²) >= 11 is 0. The van der Waals surface area contributed by atoms with Crippen LogP contribution in [-0.2, 0) is 19.7 Å². The molecule has 4 nitrogen and oxygen atoms in total. The second-order valence-corrected chi connectivity index (χ2v) is 9.91. The van der Waals surface area contributed by atoms with Crippen LogP contribution in [0.2, 0.25) is 0 Å². The van der Waals surface area contributed by atoms with E-state index < -0.39 is 30.2 Å². The second kappa shape index (κ2) is 6.84. The molecule has 0 aliphatic heterocycles. The molecule has 0 radical (unpaired) electrons. The van der Waals surface area contributed by atoms with Crippen LogP contribution >= 0.6 is 0 Å². The van der Waals surface area contributed by atoms with Gasteiger partial charge in [0.25, 0.3) is 0 Å². The summed E-state index contributed by atoms with van der Waals surface area (Å²) in [5, 5.41) is 0. The minimum absolute atomic E-state index is 0.0322. The maximum absolute atomic E-state index is 13.0. The third-order valence-corrected chi connectivity index (χ3v) is 9.39. The van der Waals surface area contributed by atoms with E-state index in [1.807, 2.05) is 0 Å². The highest BCUT2D eigenvalue weighted by Gasteiger charge is 2.42. The molecule has 2 aromatic carbocycles. The molecule has 0 N–H and O–H groups in total. The Kier molecular flexibility index (Phi) is 5.26. The fourth-order valence-corrected chi connectivity index (χ4v) is 7.68. The Morgan fingerprint density at radius 2 is 1.09 bits per heavy atom. The number of benzene rings is 2. The van der Waals surface area contributed by atoms with Crippen LogP contribution in [-0.4, -0.2) is 21.4 Å². The van der Waals surface area contributed by atoms with Crippen LogP contribution < -0.4 is 0 Å². The molecule has 0 fully saturated rings. The van der Waals surface area contributed by atoms with E-state index in [2.05, 4.69) is 0 Å². The van der Waals surface area contributed by atoms with Crippen molar-refractivity contribution in [3.05, 3.63) is 60.7 Å². The van der Waals surface area contributed by atoms with Crippen LogP contribution in [0.15, 0.2) is 70.5 Å². The Morgan fingerprint density at radius 1 is 0.739 bits per heavy atom. The molecule has 0 saturated carbocycles. The molecule has 6 heteroatoms. The summed E-state index contributed by atoms with van der Waals surface area (Å²) in [7, 11) is -8.01. The van der Waals surface area contributed by atoms with E-state index in [1.165, 1.54) is 24.3 Å². The standard InChI is InChI=1S/C17H20O4S2/c1-3-14(2)17(22(18,19)15-10-6-4-7-11-15)23(20,21)16-12-8-5-9-13-16/h4-14,17H,3H2,1-2H3/t14-/m1/s1. The van der Waals surface area contributed by atoms with E-state index in [0.29, 0.717) is 6.42 Å². The highest BCUT2D eigenvalue weighted by atomic mass is 32.3. The first kappa shape index (κ1) is 17.7. The van der Waals surface area contributed by atoms with Gasteiger partial charge in [0.2, 0.25) is 0 Å². The first-order chi connectivity index (χ1) is 10.8. The monoisotopic (exact) mass is 352 g/mol. The minimum atomic E-state index is -4.01. The van der Waals surface area contributed by atoms with E-state index in [-0.39, 0.29) is 9.79 Å². The van der Waals surface area contributed by atoms with Gasteiger partial charge in [0.15, 0.2) is 24.3 Å². The van der Waals surface area contributed by atoms with Crippen LogP contribution in [0.4, 0.5) is 0 Å². The summed E-state index contributed by atoms with van der Waals surface area (Å²) in [6.07, 6.45) is 0.447. The highest BCUT2D eigenvalue weighted by molar-refractivity contribution is 8.09. The first-order valence-electron chi connectivity index (χ1n) is 7.39. The predicted molar refractivity (Wildman–Crippen MR) is 90.5 cm³/mol. The van der Waals surface area contributed by atoms with Crippen molar-refractivity contribution in [3.8, 4) is 0 Å². The largest absolute Gasteiger partial charge is 0.222 e. The third kappa shape index (κ3) is 3.48. The lowest BCUT2D eigenvalue weighted by Gasteiger charge is -2.23. The average Bonchev–Trinajstić information content (AvgIpc) is 2.56. The van der Waals surface area contributed by atoms with Crippen molar-refractivity contribution in [1.82, 2.24) is 0 Å². The first-order valence-corrected chi connectivity index (χ1v) is 10.5. The van der Waals surface area contributed by atoms with Crippen molar-refractivity contribution in [1.29, 1.82) is 0 Å². The van der Waals surface area contributed by atoms with Gasteiger partial charge in [-0.05, 0) is 30.2 Å². The number of sulfone groups is 2. The number of hydrogen-bond donors (Lipinski definition) is 0. The van der Waals surface area contributed by atoms with Gasteiger partial charge >= 0.3 is 0 Å². The van der Waals surface area contributed by atoms with Gasteiger partial charge in [-0.1, -0.05) is 56.7 Å². The topological polar surface area (TPSA) is 68.3 Å². The van der Waals surface area contributed by atoms with Crippen molar-refractivity contribution in [2.45, 2.75) is 34.6 Å². The summed E-state index contributed by atoms with van der Waals surface area (Å²) in [5.41, 5.74) is 0. The van der Waals surface area contributed by atoms with Crippen molar-refractivity contribution in [3.63, 3.8) is 0 Å². The van der Waals surface area contributed by atoms with Gasteiger partial charge < -0.3 is 0 Å². The lowest BCUT2D eigenvalue weighted by molar-refractivity contribution is 0.522. The summed E-state index contributed by atoms with van der Waals surface area (Å²) in [5.74, 6) is -0.523. The Hall–Kier alpha value is -1.66. The van der Waals surface area contributed by atoms with Crippen LogP contribution in [0.1, 0.15) is 20.3 Å². The van der Waals surface area contributed by atoms with Crippen LogP contribution in [0.3, 0.4) is 0 Å². The second-order valence-electron chi connectivity index (χ2n) is 5.47. The summed E-state index contributed by atoms with van der Waals surface area (Å²) < 4.78 is 50.4. The lowest BCUT2D eigenvalue weighted by atomic mass is 10.2. The zero-order chi connectivity index (χ0) is 17.1. The Bertz CT molecular complexity index is 772. The van der Waals surface area contributed by atoms with Gasteiger partial charge in [-0.25, -0.2) is 16.8 Å². The van der Waals surface area contributed by atoms with Crippen molar-refractivity contribution in [2.75, 3.05) is 0 Å². The molecule has 2 aromatic rings. The van der Waals surface area contributed by atoms with Gasteiger partial charge in [0, 0.05) is 0 Å². The molecule has 1 atom stereocenters. The molecular weight excluding hydrogens is 332 g/mol. The molecule has 124 valence electrons. The minimum Gasteiger partial charge on any atom is -0.222 e. The van der Waals surface area contributed by atoms with E-state index in [9.17, 15) is 16.8 Å². The van der Waals surface area contributed by atoms with E-state index in [4.69, 9.17) is 0 Å².